The fourth-order valence-corrected chi connectivity index (χ4v) is 2.05. The Kier molecular flexibility index (Phi) is 2.82. The predicted molar refractivity (Wildman–Crippen MR) is 64.8 cm³/mol. The second kappa shape index (κ2) is 4.13. The molecule has 0 amide bonds. The van der Waals surface area contributed by atoms with Gasteiger partial charge >= 0.3 is 0 Å². The van der Waals surface area contributed by atoms with Gasteiger partial charge < -0.3 is 16.5 Å². The smallest absolute Gasteiger partial charge is 0.223 e. The Hall–Kier alpha value is -1.56. The molecule has 1 fully saturated rings. The monoisotopic (exact) mass is 222 g/mol. The van der Waals surface area contributed by atoms with Crippen LogP contribution in [0.3, 0.4) is 0 Å². The molecule has 1 aliphatic rings. The van der Waals surface area contributed by atoms with Gasteiger partial charge in [0.2, 0.25) is 5.95 Å². The first-order valence-corrected chi connectivity index (χ1v) is 5.57. The fraction of sp³-hybridized carbons (Fsp3) is 0.600. The summed E-state index contributed by atoms with van der Waals surface area (Å²) in [6.45, 7) is 2.18. The first kappa shape index (κ1) is 10.9. The number of nitrogen functional groups attached to an aromatic ring is 2. The molecule has 0 aliphatic heterocycles. The molecule has 2 rings (SSSR count). The van der Waals surface area contributed by atoms with E-state index in [1.807, 2.05) is 0 Å². The summed E-state index contributed by atoms with van der Waals surface area (Å²) in [6.07, 6.45) is 4.71. The Morgan fingerprint density at radius 1 is 1.38 bits per heavy atom. The molecule has 88 valence electrons. The molecule has 1 heterocycles. The maximum Gasteiger partial charge on any atom is 0.223 e. The summed E-state index contributed by atoms with van der Waals surface area (Å²) < 4.78 is 0. The van der Waals surface area contributed by atoms with E-state index in [0.717, 1.165) is 12.2 Å². The highest BCUT2D eigenvalue weighted by Crippen LogP contribution is 2.37. The molecule has 0 spiro atoms. The molecule has 0 aromatic carbocycles. The number of rotatable bonds is 4. The SMILES string of the molecule is CCC1(Nc2cc(NN)nc(N)n2)CCC1. The Morgan fingerprint density at radius 3 is 2.56 bits per heavy atom. The van der Waals surface area contributed by atoms with E-state index in [2.05, 4.69) is 27.6 Å². The average molecular weight is 222 g/mol. The lowest BCUT2D eigenvalue weighted by molar-refractivity contribution is 0.269. The molecule has 1 saturated carbocycles. The van der Waals surface area contributed by atoms with Crippen LogP contribution in [0.5, 0.6) is 0 Å². The largest absolute Gasteiger partial charge is 0.368 e. The third-order valence-corrected chi connectivity index (χ3v) is 3.27. The van der Waals surface area contributed by atoms with E-state index in [0.29, 0.717) is 5.82 Å². The van der Waals surface area contributed by atoms with Crippen LogP contribution in [0.2, 0.25) is 0 Å². The van der Waals surface area contributed by atoms with Crippen LogP contribution in [0.25, 0.3) is 0 Å². The first-order valence-electron chi connectivity index (χ1n) is 5.57. The minimum Gasteiger partial charge on any atom is -0.368 e. The van der Waals surface area contributed by atoms with E-state index in [-0.39, 0.29) is 11.5 Å². The summed E-state index contributed by atoms with van der Waals surface area (Å²) >= 11 is 0. The van der Waals surface area contributed by atoms with E-state index >= 15 is 0 Å². The van der Waals surface area contributed by atoms with Crippen LogP contribution >= 0.6 is 0 Å². The molecule has 6 nitrogen and oxygen atoms in total. The van der Waals surface area contributed by atoms with Gasteiger partial charge in [-0.3, -0.25) is 0 Å². The van der Waals surface area contributed by atoms with Crippen molar-refractivity contribution in [2.24, 2.45) is 5.84 Å². The predicted octanol–water partition coefficient (Wildman–Crippen LogP) is 1.09. The maximum absolute atomic E-state index is 5.60. The van der Waals surface area contributed by atoms with Gasteiger partial charge in [0.1, 0.15) is 11.6 Å². The number of hydrogen-bond donors (Lipinski definition) is 4. The van der Waals surface area contributed by atoms with Gasteiger partial charge in [0, 0.05) is 11.6 Å². The number of nitrogens with one attached hydrogen (secondary N) is 2. The van der Waals surface area contributed by atoms with Crippen LogP contribution in [-0.2, 0) is 0 Å². The zero-order valence-electron chi connectivity index (χ0n) is 9.45. The van der Waals surface area contributed by atoms with Crippen molar-refractivity contribution in [3.8, 4) is 0 Å². The minimum atomic E-state index is 0.187. The second-order valence-corrected chi connectivity index (χ2v) is 4.25. The van der Waals surface area contributed by atoms with Crippen molar-refractivity contribution in [1.29, 1.82) is 0 Å². The topological polar surface area (TPSA) is 102 Å². The summed E-state index contributed by atoms with van der Waals surface area (Å²) in [6, 6.07) is 1.77. The molecule has 0 unspecified atom stereocenters. The molecule has 1 aliphatic carbocycles. The molecule has 0 saturated heterocycles. The summed E-state index contributed by atoms with van der Waals surface area (Å²) in [5.74, 6) is 6.80. The number of nitrogens with zero attached hydrogens (tertiary/aromatic N) is 2. The van der Waals surface area contributed by atoms with E-state index in [4.69, 9.17) is 11.6 Å². The van der Waals surface area contributed by atoms with E-state index in [1.165, 1.54) is 19.3 Å². The zero-order chi connectivity index (χ0) is 11.6. The molecule has 16 heavy (non-hydrogen) atoms. The quantitative estimate of drug-likeness (QED) is 0.449. The second-order valence-electron chi connectivity index (χ2n) is 4.25. The number of aromatic nitrogens is 2. The molecule has 1 aromatic heterocycles. The van der Waals surface area contributed by atoms with Crippen molar-refractivity contribution in [2.75, 3.05) is 16.5 Å². The highest BCUT2D eigenvalue weighted by molar-refractivity contribution is 5.51. The van der Waals surface area contributed by atoms with E-state index in [9.17, 15) is 0 Å². The van der Waals surface area contributed by atoms with Crippen LogP contribution in [0.1, 0.15) is 32.6 Å². The average Bonchev–Trinajstić information content (AvgIpc) is 2.22. The van der Waals surface area contributed by atoms with Crippen molar-refractivity contribution < 1.29 is 0 Å². The van der Waals surface area contributed by atoms with Gasteiger partial charge in [-0.2, -0.15) is 9.97 Å². The van der Waals surface area contributed by atoms with E-state index in [1.54, 1.807) is 6.07 Å². The van der Waals surface area contributed by atoms with Crippen molar-refractivity contribution in [2.45, 2.75) is 38.1 Å². The Labute approximate surface area is 94.8 Å². The van der Waals surface area contributed by atoms with Gasteiger partial charge in [-0.05, 0) is 25.7 Å². The fourth-order valence-electron chi connectivity index (χ4n) is 2.05. The molecule has 0 atom stereocenters. The number of hydrogen-bond acceptors (Lipinski definition) is 6. The van der Waals surface area contributed by atoms with Crippen molar-refractivity contribution in [3.05, 3.63) is 6.07 Å². The van der Waals surface area contributed by atoms with Gasteiger partial charge in [-0.15, -0.1) is 0 Å². The maximum atomic E-state index is 5.60. The number of hydrazine groups is 1. The number of nitrogens with two attached hydrogens (primary N) is 2. The van der Waals surface area contributed by atoms with Crippen molar-refractivity contribution in [3.63, 3.8) is 0 Å². The zero-order valence-corrected chi connectivity index (χ0v) is 9.45. The molecule has 6 heteroatoms. The molecular weight excluding hydrogens is 204 g/mol. The molecule has 0 radical (unpaired) electrons. The minimum absolute atomic E-state index is 0.187. The normalized spacial score (nSPS) is 17.6. The summed E-state index contributed by atoms with van der Waals surface area (Å²) in [7, 11) is 0. The van der Waals surface area contributed by atoms with Crippen LogP contribution in [0.15, 0.2) is 6.07 Å². The first-order chi connectivity index (χ1) is 7.67. The molecule has 0 bridgehead atoms. The Balaban J connectivity index is 2.17. The third kappa shape index (κ3) is 2.01. The van der Waals surface area contributed by atoms with Crippen molar-refractivity contribution >= 4 is 17.6 Å². The lowest BCUT2D eigenvalue weighted by Gasteiger charge is -2.42. The standard InChI is InChI=1S/C10H18N6/c1-2-10(4-3-5-10)15-7-6-8(16-12)14-9(11)13-7/h6H,2-5,12H2,1H3,(H4,11,13,14,15,16). The van der Waals surface area contributed by atoms with Crippen molar-refractivity contribution in [1.82, 2.24) is 9.97 Å². The highest BCUT2D eigenvalue weighted by atomic mass is 15.3. The molecular formula is C10H18N6. The van der Waals surface area contributed by atoms with Gasteiger partial charge in [-0.25, -0.2) is 5.84 Å². The van der Waals surface area contributed by atoms with Crippen LogP contribution in [0, 0.1) is 0 Å². The van der Waals surface area contributed by atoms with E-state index < -0.39 is 0 Å². The Morgan fingerprint density at radius 2 is 2.06 bits per heavy atom. The highest BCUT2D eigenvalue weighted by Gasteiger charge is 2.35. The Bertz CT molecular complexity index is 368. The number of anilines is 3. The lowest BCUT2D eigenvalue weighted by atomic mass is 9.75. The third-order valence-electron chi connectivity index (χ3n) is 3.27. The van der Waals surface area contributed by atoms with Gasteiger partial charge in [0.15, 0.2) is 0 Å². The summed E-state index contributed by atoms with van der Waals surface area (Å²) in [5.41, 5.74) is 8.26. The lowest BCUT2D eigenvalue weighted by Crippen LogP contribution is -2.44. The molecule has 6 N–H and O–H groups in total. The van der Waals surface area contributed by atoms with Crippen LogP contribution in [0.4, 0.5) is 17.6 Å². The van der Waals surface area contributed by atoms with Gasteiger partial charge in [0.25, 0.3) is 0 Å². The van der Waals surface area contributed by atoms with Crippen LogP contribution in [-0.4, -0.2) is 15.5 Å². The van der Waals surface area contributed by atoms with Gasteiger partial charge in [0.05, 0.1) is 0 Å². The summed E-state index contributed by atoms with van der Waals surface area (Å²) in [4.78, 5) is 8.10. The van der Waals surface area contributed by atoms with Crippen LogP contribution < -0.4 is 22.3 Å². The van der Waals surface area contributed by atoms with Gasteiger partial charge in [-0.1, -0.05) is 6.92 Å². The summed E-state index contributed by atoms with van der Waals surface area (Å²) in [5, 5.41) is 3.43. The molecule has 1 aromatic rings.